The Kier molecular flexibility index (Phi) is 4.74. The lowest BCUT2D eigenvalue weighted by atomic mass is 9.81. The highest BCUT2D eigenvalue weighted by atomic mass is 16.5. The SMILES string of the molecule is Cc1cccc(C(=O)N2CC3(C2)OCC[C@H]3COCc2ccncc2)c1. The number of benzene rings is 1. The molecule has 136 valence electrons. The number of nitrogens with zero attached hydrogens (tertiary/aromatic N) is 2. The average molecular weight is 352 g/mol. The largest absolute Gasteiger partial charge is 0.376 e. The van der Waals surface area contributed by atoms with Gasteiger partial charge in [-0.05, 0) is 43.2 Å². The van der Waals surface area contributed by atoms with Crippen LogP contribution < -0.4 is 0 Å². The van der Waals surface area contributed by atoms with Crippen molar-refractivity contribution in [2.24, 2.45) is 5.92 Å². The number of carbonyl (C=O) groups is 1. The van der Waals surface area contributed by atoms with Crippen LogP contribution >= 0.6 is 0 Å². The van der Waals surface area contributed by atoms with E-state index < -0.39 is 0 Å². The molecular weight excluding hydrogens is 328 g/mol. The van der Waals surface area contributed by atoms with Crippen molar-refractivity contribution in [3.05, 3.63) is 65.5 Å². The fourth-order valence-corrected chi connectivity index (χ4v) is 3.87. The number of hydrogen-bond acceptors (Lipinski definition) is 4. The van der Waals surface area contributed by atoms with Crippen LogP contribution in [0.2, 0.25) is 0 Å². The molecule has 1 atom stereocenters. The number of aryl methyl sites for hydroxylation is 1. The summed E-state index contributed by atoms with van der Waals surface area (Å²) in [5.41, 5.74) is 2.75. The maximum Gasteiger partial charge on any atom is 0.254 e. The molecule has 4 rings (SSSR count). The number of pyridine rings is 1. The highest BCUT2D eigenvalue weighted by Gasteiger charge is 2.54. The van der Waals surface area contributed by atoms with Gasteiger partial charge in [0.15, 0.2) is 0 Å². The summed E-state index contributed by atoms with van der Waals surface area (Å²) in [5.74, 6) is 0.428. The lowest BCUT2D eigenvalue weighted by Crippen LogP contribution is -2.66. The Hall–Kier alpha value is -2.24. The topological polar surface area (TPSA) is 51.7 Å². The van der Waals surface area contributed by atoms with Crippen LogP contribution in [0.4, 0.5) is 0 Å². The van der Waals surface area contributed by atoms with Crippen LogP contribution in [-0.2, 0) is 16.1 Å². The van der Waals surface area contributed by atoms with Gasteiger partial charge >= 0.3 is 0 Å². The molecule has 26 heavy (non-hydrogen) atoms. The minimum Gasteiger partial charge on any atom is -0.376 e. The van der Waals surface area contributed by atoms with Crippen molar-refractivity contribution in [2.45, 2.75) is 25.6 Å². The average Bonchev–Trinajstić information content (AvgIpc) is 3.05. The van der Waals surface area contributed by atoms with E-state index in [2.05, 4.69) is 4.98 Å². The minimum atomic E-state index is -0.224. The predicted octanol–water partition coefficient (Wildman–Crippen LogP) is 2.84. The molecule has 5 nitrogen and oxygen atoms in total. The van der Waals surface area contributed by atoms with Crippen molar-refractivity contribution < 1.29 is 14.3 Å². The van der Waals surface area contributed by atoms with Crippen LogP contribution in [0.1, 0.15) is 27.9 Å². The Balaban J connectivity index is 1.32. The maximum atomic E-state index is 12.7. The van der Waals surface area contributed by atoms with Gasteiger partial charge in [-0.3, -0.25) is 9.78 Å². The number of hydrogen-bond donors (Lipinski definition) is 0. The summed E-state index contributed by atoms with van der Waals surface area (Å²) < 4.78 is 12.0. The van der Waals surface area contributed by atoms with Gasteiger partial charge in [-0.15, -0.1) is 0 Å². The van der Waals surface area contributed by atoms with Gasteiger partial charge in [0, 0.05) is 30.5 Å². The van der Waals surface area contributed by atoms with Crippen molar-refractivity contribution in [3.8, 4) is 0 Å². The van der Waals surface area contributed by atoms with Gasteiger partial charge < -0.3 is 14.4 Å². The first kappa shape index (κ1) is 17.2. The molecule has 2 saturated heterocycles. The quantitative estimate of drug-likeness (QED) is 0.830. The molecule has 2 aliphatic rings. The predicted molar refractivity (Wildman–Crippen MR) is 97.8 cm³/mol. The van der Waals surface area contributed by atoms with E-state index in [1.54, 1.807) is 12.4 Å². The molecule has 1 spiro atoms. The molecule has 3 heterocycles. The molecule has 1 aromatic heterocycles. The van der Waals surface area contributed by atoms with Crippen molar-refractivity contribution in [3.63, 3.8) is 0 Å². The molecule has 0 saturated carbocycles. The van der Waals surface area contributed by atoms with Crippen molar-refractivity contribution >= 4 is 5.91 Å². The summed E-state index contributed by atoms with van der Waals surface area (Å²) in [4.78, 5) is 18.6. The maximum absolute atomic E-state index is 12.7. The molecule has 0 unspecified atom stereocenters. The first-order valence-corrected chi connectivity index (χ1v) is 9.13. The second kappa shape index (κ2) is 7.17. The number of rotatable bonds is 5. The van der Waals surface area contributed by atoms with Gasteiger partial charge in [0.05, 0.1) is 26.3 Å². The summed E-state index contributed by atoms with van der Waals surface area (Å²) in [5, 5.41) is 0. The van der Waals surface area contributed by atoms with Gasteiger partial charge in [0.25, 0.3) is 5.91 Å². The zero-order valence-corrected chi connectivity index (χ0v) is 15.1. The Labute approximate surface area is 153 Å². The van der Waals surface area contributed by atoms with Gasteiger partial charge in [0.2, 0.25) is 0 Å². The van der Waals surface area contributed by atoms with Crippen molar-refractivity contribution in [1.29, 1.82) is 0 Å². The molecule has 1 aromatic carbocycles. The zero-order valence-electron chi connectivity index (χ0n) is 15.1. The second-order valence-electron chi connectivity index (χ2n) is 7.30. The van der Waals surface area contributed by atoms with Crippen LogP contribution in [0.25, 0.3) is 0 Å². The van der Waals surface area contributed by atoms with Crippen molar-refractivity contribution in [1.82, 2.24) is 9.88 Å². The molecular formula is C21H24N2O3. The molecule has 5 heteroatoms. The lowest BCUT2D eigenvalue weighted by molar-refractivity contribution is -0.129. The van der Waals surface area contributed by atoms with Crippen LogP contribution in [0.3, 0.4) is 0 Å². The third-order valence-corrected chi connectivity index (χ3v) is 5.41. The highest BCUT2D eigenvalue weighted by Crippen LogP contribution is 2.40. The fourth-order valence-electron chi connectivity index (χ4n) is 3.87. The van der Waals surface area contributed by atoms with Crippen LogP contribution in [0.5, 0.6) is 0 Å². The summed E-state index contributed by atoms with van der Waals surface area (Å²) in [6, 6.07) is 11.7. The van der Waals surface area contributed by atoms with E-state index in [0.717, 1.165) is 29.7 Å². The van der Waals surface area contributed by atoms with Gasteiger partial charge in [0.1, 0.15) is 5.60 Å². The Morgan fingerprint density at radius 1 is 1.31 bits per heavy atom. The molecule has 0 N–H and O–H groups in total. The van der Waals surface area contributed by atoms with Crippen molar-refractivity contribution in [2.75, 3.05) is 26.3 Å². The van der Waals surface area contributed by atoms with E-state index in [-0.39, 0.29) is 11.5 Å². The number of carbonyl (C=O) groups excluding carboxylic acids is 1. The van der Waals surface area contributed by atoms with Crippen LogP contribution in [0, 0.1) is 12.8 Å². The first-order valence-electron chi connectivity index (χ1n) is 9.13. The molecule has 2 aliphatic heterocycles. The molecule has 0 radical (unpaired) electrons. The van der Waals surface area contributed by atoms with E-state index in [1.165, 1.54) is 0 Å². The number of likely N-dealkylation sites (tertiary alicyclic amines) is 1. The minimum absolute atomic E-state index is 0.0891. The zero-order chi connectivity index (χ0) is 18.0. The van der Waals surface area contributed by atoms with Crippen LogP contribution in [-0.4, -0.2) is 47.7 Å². The Bertz CT molecular complexity index is 772. The lowest BCUT2D eigenvalue weighted by Gasteiger charge is -2.50. The molecule has 2 fully saturated rings. The monoisotopic (exact) mass is 352 g/mol. The molecule has 1 amide bonds. The summed E-state index contributed by atoms with van der Waals surface area (Å²) >= 11 is 0. The third kappa shape index (κ3) is 3.37. The summed E-state index contributed by atoms with van der Waals surface area (Å²) in [6.45, 7) is 5.31. The van der Waals surface area contributed by atoms with E-state index in [0.29, 0.717) is 32.2 Å². The second-order valence-corrected chi connectivity index (χ2v) is 7.30. The normalized spacial score (nSPS) is 21.0. The highest BCUT2D eigenvalue weighted by molar-refractivity contribution is 5.95. The number of amides is 1. The van der Waals surface area contributed by atoms with Gasteiger partial charge in [-0.1, -0.05) is 17.7 Å². The Morgan fingerprint density at radius 2 is 2.12 bits per heavy atom. The van der Waals surface area contributed by atoms with E-state index >= 15 is 0 Å². The van der Waals surface area contributed by atoms with E-state index in [9.17, 15) is 4.79 Å². The van der Waals surface area contributed by atoms with Crippen LogP contribution in [0.15, 0.2) is 48.8 Å². The summed E-state index contributed by atoms with van der Waals surface area (Å²) in [6.07, 6.45) is 4.54. The first-order chi connectivity index (χ1) is 12.7. The number of aromatic nitrogens is 1. The van der Waals surface area contributed by atoms with E-state index in [4.69, 9.17) is 9.47 Å². The summed E-state index contributed by atoms with van der Waals surface area (Å²) in [7, 11) is 0. The smallest absolute Gasteiger partial charge is 0.254 e. The molecule has 0 bridgehead atoms. The third-order valence-electron chi connectivity index (χ3n) is 5.41. The Morgan fingerprint density at radius 3 is 2.88 bits per heavy atom. The fraction of sp³-hybridized carbons (Fsp3) is 0.429. The van der Waals surface area contributed by atoms with Gasteiger partial charge in [-0.2, -0.15) is 0 Å². The van der Waals surface area contributed by atoms with Gasteiger partial charge in [-0.25, -0.2) is 0 Å². The van der Waals surface area contributed by atoms with E-state index in [1.807, 2.05) is 48.2 Å². The number of ether oxygens (including phenoxy) is 2. The molecule has 0 aliphatic carbocycles. The standard InChI is InChI=1S/C21H24N2O3/c1-16-3-2-4-18(11-16)20(24)23-14-21(15-23)19(7-10-26-21)13-25-12-17-5-8-22-9-6-17/h2-6,8-9,11,19H,7,10,12-15H2,1H3/t19-/m0/s1. The molecule has 2 aromatic rings.